The van der Waals surface area contributed by atoms with Gasteiger partial charge in [0.05, 0.1) is 0 Å². The van der Waals surface area contributed by atoms with Gasteiger partial charge in [-0.2, -0.15) is 0 Å². The second-order valence-electron chi connectivity index (χ2n) is 6.72. The van der Waals surface area contributed by atoms with E-state index in [0.29, 0.717) is 11.1 Å². The normalized spacial score (nSPS) is 13.3. The molecule has 23 heavy (non-hydrogen) atoms. The van der Waals surface area contributed by atoms with Crippen LogP contribution in [0.2, 0.25) is 17.3 Å². The maximum absolute atomic E-state index is 8.69. The molecule has 0 bridgehead atoms. The Labute approximate surface area is 144 Å². The number of hydrogen-bond acceptors (Lipinski definition) is 1. The van der Waals surface area contributed by atoms with E-state index in [-0.39, 0.29) is 0 Å². The van der Waals surface area contributed by atoms with Gasteiger partial charge in [-0.15, -0.1) is 0 Å². The van der Waals surface area contributed by atoms with Gasteiger partial charge in [-0.3, -0.25) is 0 Å². The molecule has 2 aromatic carbocycles. The topological polar surface area (TPSA) is 12.9 Å². The molecule has 0 aliphatic heterocycles. The Kier molecular flexibility index (Phi) is 3.96. The van der Waals surface area contributed by atoms with Crippen molar-refractivity contribution in [1.82, 2.24) is 4.98 Å². The molecule has 0 N–H and O–H groups in total. The van der Waals surface area contributed by atoms with E-state index in [9.17, 15) is 0 Å². The van der Waals surface area contributed by atoms with Gasteiger partial charge < -0.3 is 0 Å². The Morgan fingerprint density at radius 1 is 0.870 bits per heavy atom. The Balaban J connectivity index is 2.08. The van der Waals surface area contributed by atoms with Crippen LogP contribution >= 0.6 is 0 Å². The molecular weight excluding hydrogens is 339 g/mol. The number of aromatic nitrogens is 1. The number of benzene rings is 2. The molecule has 1 nitrogen and oxygen atoms in total. The van der Waals surface area contributed by atoms with Gasteiger partial charge in [-0.1, -0.05) is 0 Å². The van der Waals surface area contributed by atoms with E-state index in [1.165, 1.54) is 4.40 Å². The van der Waals surface area contributed by atoms with Crippen molar-refractivity contribution in [3.05, 3.63) is 84.1 Å². The zero-order chi connectivity index (χ0) is 18.1. The molecular formula is C21H23GeN. The summed E-state index contributed by atoms with van der Waals surface area (Å²) in [4.78, 5) is 4.66. The van der Waals surface area contributed by atoms with Crippen molar-refractivity contribution in [2.45, 2.75) is 23.6 Å². The van der Waals surface area contributed by atoms with Crippen LogP contribution in [0.15, 0.2) is 72.9 Å². The van der Waals surface area contributed by atoms with Gasteiger partial charge in [-0.05, 0) is 0 Å². The van der Waals surface area contributed by atoms with Crippen LogP contribution in [0.5, 0.6) is 0 Å². The maximum atomic E-state index is 8.69. The fourth-order valence-corrected chi connectivity index (χ4v) is 4.66. The summed E-state index contributed by atoms with van der Waals surface area (Å²) in [5.74, 6) is 7.04. The molecule has 0 fully saturated rings. The summed E-state index contributed by atoms with van der Waals surface area (Å²) < 4.78 is 18.7. The predicted octanol–water partition coefficient (Wildman–Crippen LogP) is 4.88. The summed E-state index contributed by atoms with van der Waals surface area (Å²) in [5.41, 5.74) is 2.98. The number of nitrogens with zero attached hydrogens (tertiary/aromatic N) is 1. The zero-order valence-corrected chi connectivity index (χ0v) is 16.0. The Morgan fingerprint density at radius 2 is 1.57 bits per heavy atom. The van der Waals surface area contributed by atoms with E-state index >= 15 is 0 Å². The minimum absolute atomic E-state index is 0.652. The predicted molar refractivity (Wildman–Crippen MR) is 102 cm³/mol. The van der Waals surface area contributed by atoms with E-state index in [2.05, 4.69) is 28.3 Å². The number of hydrogen-bond donors (Lipinski definition) is 0. The van der Waals surface area contributed by atoms with Crippen molar-refractivity contribution in [2.24, 2.45) is 0 Å². The molecule has 0 aliphatic rings. The van der Waals surface area contributed by atoms with Crippen molar-refractivity contribution >= 4 is 17.7 Å². The summed E-state index contributed by atoms with van der Waals surface area (Å²) in [5, 5.41) is 0. The average Bonchev–Trinajstić information content (AvgIpc) is 2.62. The molecule has 116 valence electrons. The van der Waals surface area contributed by atoms with Gasteiger partial charge in [-0.25, -0.2) is 0 Å². The van der Waals surface area contributed by atoms with Gasteiger partial charge in [0.25, 0.3) is 0 Å². The Bertz CT molecular complexity index is 853. The van der Waals surface area contributed by atoms with Crippen LogP contribution in [0.25, 0.3) is 11.3 Å². The summed E-state index contributed by atoms with van der Waals surface area (Å²) >= 11 is -1.90. The zero-order valence-electron chi connectivity index (χ0n) is 15.9. The van der Waals surface area contributed by atoms with Crippen LogP contribution in [0.1, 0.15) is 13.9 Å². The molecule has 2 heteroatoms. The summed E-state index contributed by atoms with van der Waals surface area (Å²) in [6.45, 7) is 0. The van der Waals surface area contributed by atoms with Crippen molar-refractivity contribution in [3.63, 3.8) is 0 Å². The molecule has 0 atom stereocenters. The SMILES string of the molecule is [2H]C([2H])(c1ccccc1)c1ccccc1-c1cc[c]([Ge]([CH3])([CH3])[CH3])cn1. The minimum atomic E-state index is -1.90. The Hall–Kier alpha value is -1.87. The van der Waals surface area contributed by atoms with Crippen LogP contribution < -0.4 is 4.40 Å². The van der Waals surface area contributed by atoms with Crippen molar-refractivity contribution < 1.29 is 2.74 Å². The van der Waals surface area contributed by atoms with Gasteiger partial charge >= 0.3 is 144 Å². The van der Waals surface area contributed by atoms with E-state index in [0.717, 1.165) is 11.3 Å². The van der Waals surface area contributed by atoms with Crippen molar-refractivity contribution in [1.29, 1.82) is 0 Å². The molecule has 3 aromatic rings. The standard InChI is InChI=1S/C21H23GeN/c1-22(2,3)19-13-14-21(23-16-19)20-12-8-7-11-18(20)15-17-9-5-4-6-10-17/h4-14,16H,15H2,1-3H3/i15D2. The van der Waals surface area contributed by atoms with E-state index in [4.69, 9.17) is 2.74 Å². The summed E-state index contributed by atoms with van der Waals surface area (Å²) in [7, 11) is 0. The van der Waals surface area contributed by atoms with Crippen LogP contribution in [-0.2, 0) is 6.37 Å². The second-order valence-corrected chi connectivity index (χ2v) is 17.4. The van der Waals surface area contributed by atoms with E-state index in [1.807, 2.05) is 66.9 Å². The molecule has 0 amide bonds. The third-order valence-electron chi connectivity index (χ3n) is 3.89. The third-order valence-corrected chi connectivity index (χ3v) is 8.14. The van der Waals surface area contributed by atoms with Crippen LogP contribution in [0.3, 0.4) is 0 Å². The first kappa shape index (κ1) is 13.6. The molecule has 3 rings (SSSR count). The fraction of sp³-hybridized carbons (Fsp3) is 0.190. The molecule has 0 saturated carbocycles. The fourth-order valence-electron chi connectivity index (χ4n) is 2.49. The van der Waals surface area contributed by atoms with Crippen LogP contribution in [-0.4, -0.2) is 18.3 Å². The van der Waals surface area contributed by atoms with Gasteiger partial charge in [0, 0.05) is 0 Å². The van der Waals surface area contributed by atoms with Gasteiger partial charge in [0.2, 0.25) is 0 Å². The Morgan fingerprint density at radius 3 is 2.22 bits per heavy atom. The summed E-state index contributed by atoms with van der Waals surface area (Å²) in [6, 6.07) is 21.2. The van der Waals surface area contributed by atoms with E-state index < -0.39 is 19.6 Å². The van der Waals surface area contributed by atoms with Gasteiger partial charge in [0.1, 0.15) is 0 Å². The first-order chi connectivity index (χ1) is 11.8. The monoisotopic (exact) mass is 365 g/mol. The second kappa shape index (κ2) is 6.71. The molecule has 0 spiro atoms. The van der Waals surface area contributed by atoms with Gasteiger partial charge in [0.15, 0.2) is 0 Å². The molecule has 0 aliphatic carbocycles. The molecule has 1 aromatic heterocycles. The third kappa shape index (κ3) is 3.91. The van der Waals surface area contributed by atoms with Crippen molar-refractivity contribution in [3.8, 4) is 11.3 Å². The molecule has 0 radical (unpaired) electrons. The number of pyridine rings is 1. The first-order valence-corrected chi connectivity index (χ1v) is 15.3. The summed E-state index contributed by atoms with van der Waals surface area (Å²) in [6.07, 6.45) is 0.407. The molecule has 1 heterocycles. The number of rotatable bonds is 4. The first-order valence-electron chi connectivity index (χ1n) is 8.92. The molecule has 0 unspecified atom stereocenters. The van der Waals surface area contributed by atoms with Crippen LogP contribution in [0, 0.1) is 0 Å². The van der Waals surface area contributed by atoms with Crippen molar-refractivity contribution in [2.75, 3.05) is 0 Å². The molecule has 0 saturated heterocycles. The average molecular weight is 364 g/mol. The van der Waals surface area contributed by atoms with E-state index in [1.54, 1.807) is 0 Å². The quantitative estimate of drug-likeness (QED) is 0.601. The van der Waals surface area contributed by atoms with Crippen LogP contribution in [0.4, 0.5) is 0 Å².